The Balaban J connectivity index is 1.09. The third kappa shape index (κ3) is 12.0. The molecule has 0 aliphatic rings. The fraction of sp³-hybridized carbons (Fsp3) is 0.320. The lowest BCUT2D eigenvalue weighted by Crippen LogP contribution is -2.24. The molecule has 6 heterocycles. The van der Waals surface area contributed by atoms with Crippen molar-refractivity contribution >= 4 is 119 Å². The second kappa shape index (κ2) is 24.3. The molecule has 0 aliphatic heterocycles. The van der Waals surface area contributed by atoms with E-state index in [0.717, 1.165) is 58.7 Å². The van der Waals surface area contributed by atoms with E-state index in [-0.39, 0.29) is 65.0 Å². The fourth-order valence-electron chi connectivity index (χ4n) is 20.4. The maximum Gasteiger partial charge on any atom is 0.190 e. The molecule has 17 aromatic rings. The highest BCUT2D eigenvalue weighted by molar-refractivity contribution is 6.46. The average Bonchev–Trinajstić information content (AvgIpc) is 0.663. The summed E-state index contributed by atoms with van der Waals surface area (Å²) in [5, 5.41) is 9.92. The van der Waals surface area contributed by atoms with Crippen molar-refractivity contribution in [3.05, 3.63) is 245 Å². The molecule has 0 saturated heterocycles. The van der Waals surface area contributed by atoms with Crippen LogP contribution in [0.2, 0.25) is 0 Å². The first-order chi connectivity index (χ1) is 51.6. The van der Waals surface area contributed by atoms with Gasteiger partial charge >= 0.3 is 0 Å². The first-order valence-corrected chi connectivity index (χ1v) is 39.0. The Kier molecular flexibility index (Phi) is 15.9. The van der Waals surface area contributed by atoms with Gasteiger partial charge in [0.05, 0.1) is 33.1 Å². The highest BCUT2D eigenvalue weighted by Gasteiger charge is 2.36. The van der Waals surface area contributed by atoms with Crippen molar-refractivity contribution in [2.75, 3.05) is 0 Å². The van der Waals surface area contributed by atoms with Crippen LogP contribution in [0.25, 0.3) is 119 Å². The monoisotopic (exact) mass is 1450 g/mol. The van der Waals surface area contributed by atoms with Gasteiger partial charge in [0.25, 0.3) is 0 Å². The summed E-state index contributed by atoms with van der Waals surface area (Å²) in [5.41, 5.74) is 6.54. The predicted octanol–water partition coefficient (Wildman–Crippen LogP) is 26.4. The van der Waals surface area contributed by atoms with Crippen LogP contribution in [0, 0.1) is 21.7 Å². The standard InChI is InChI=1S/C100H98N2O8/c1-93(2,3)51-97(13,14)55-27-35-59(36-28-55)107-79-43-67-71-47-75(103)63-23-21-24-64-76(104)48-72(101(71)91(63)64)68-45-81(109-61-39-31-57(32-40-61)99(17,18)53-95(7,8)9)87-88-82(110-62-41-33-58(34-42-62)100(19,20)54-96(10,11)12)46-70-74-50-78(106)66-26-22-25-65-77(105)49-73(102(74)92(65)66)69-44-80(86(90(88)84(69)70)85(79)89(87)83(67)68)108-60-37-29-56(30-38-60)98(15,16)52-94(4,5)6/h21-50H,51-54H2,1-20H3. The van der Waals surface area contributed by atoms with Crippen LogP contribution in [0.1, 0.15) is 186 Å². The molecule has 11 aromatic carbocycles. The van der Waals surface area contributed by atoms with Crippen molar-refractivity contribution in [1.29, 1.82) is 0 Å². The molecule has 556 valence electrons. The number of aromatic nitrogens is 2. The van der Waals surface area contributed by atoms with E-state index in [1.165, 1.54) is 0 Å². The summed E-state index contributed by atoms with van der Waals surface area (Å²) < 4.78 is 35.2. The molecule has 17 rings (SSSR count). The number of ether oxygens (including phenoxy) is 4. The summed E-state index contributed by atoms with van der Waals surface area (Å²) in [6.45, 7) is 45.7. The molecule has 6 aromatic heterocycles. The second-order valence-electron chi connectivity index (χ2n) is 39.3. The smallest absolute Gasteiger partial charge is 0.190 e. The van der Waals surface area contributed by atoms with Crippen molar-refractivity contribution in [2.45, 2.75) is 186 Å². The van der Waals surface area contributed by atoms with Gasteiger partial charge in [0, 0.05) is 110 Å². The summed E-state index contributed by atoms with van der Waals surface area (Å²) in [4.78, 5) is 60.6. The first-order valence-electron chi connectivity index (χ1n) is 39.0. The maximum absolute atomic E-state index is 15.1. The SMILES string of the molecule is CC(C)(C)CC(C)(C)c1ccc(Oc2cc3c4c(cc(Oc5ccc(C(C)(C)CC(C)(C)C)cc5)c5c6c(Oc7ccc(C(C)(C)CC(C)(C)C)cc7)cc7c8c(cc(Oc9ccc(C(C)(C)CC(C)(C)C)cc9)c(c2c54)c68)c2cc(=O)c4cccc5c(=O)cc7n2c45)c2cc(=O)c4cccc5c(=O)cc3n2c54)cc1. The molecule has 0 radical (unpaired) electrons. The normalized spacial score (nSPS) is 13.6. The van der Waals surface area contributed by atoms with Gasteiger partial charge in [-0.25, -0.2) is 0 Å². The number of rotatable bonds is 16. The number of hydrogen-bond donors (Lipinski definition) is 0. The Hall–Kier alpha value is -10.8. The first kappa shape index (κ1) is 72.0. The van der Waals surface area contributed by atoms with E-state index in [1.807, 2.05) is 0 Å². The summed E-state index contributed by atoms with van der Waals surface area (Å²) >= 11 is 0. The molecule has 0 amide bonds. The zero-order valence-corrected chi connectivity index (χ0v) is 67.3. The van der Waals surface area contributed by atoms with Crippen LogP contribution in [0.5, 0.6) is 46.0 Å². The summed E-state index contributed by atoms with van der Waals surface area (Å²) in [6, 6.07) is 59.6. The molecule has 10 heteroatoms. The Labute approximate surface area is 641 Å². The second-order valence-corrected chi connectivity index (χ2v) is 39.3. The van der Waals surface area contributed by atoms with Crippen LogP contribution in [0.15, 0.2) is 201 Å². The van der Waals surface area contributed by atoms with Crippen LogP contribution in [0.3, 0.4) is 0 Å². The van der Waals surface area contributed by atoms with E-state index < -0.39 is 0 Å². The molecular weight excluding hydrogens is 1360 g/mol. The van der Waals surface area contributed by atoms with Gasteiger partial charge < -0.3 is 27.7 Å². The van der Waals surface area contributed by atoms with Crippen molar-refractivity contribution < 1.29 is 18.9 Å². The maximum atomic E-state index is 15.1. The zero-order valence-electron chi connectivity index (χ0n) is 67.3. The van der Waals surface area contributed by atoms with Gasteiger partial charge in [-0.15, -0.1) is 0 Å². The molecule has 0 N–H and O–H groups in total. The van der Waals surface area contributed by atoms with Gasteiger partial charge in [0.2, 0.25) is 0 Å². The van der Waals surface area contributed by atoms with Crippen LogP contribution in [0.4, 0.5) is 0 Å². The number of pyridine rings is 6. The van der Waals surface area contributed by atoms with Crippen LogP contribution >= 0.6 is 0 Å². The Morgan fingerprint density at radius 3 is 0.627 bits per heavy atom. The minimum atomic E-state index is -0.230. The van der Waals surface area contributed by atoms with E-state index in [4.69, 9.17) is 18.9 Å². The Morgan fingerprint density at radius 1 is 0.236 bits per heavy atom. The van der Waals surface area contributed by atoms with E-state index in [0.29, 0.717) is 155 Å². The lowest BCUT2D eigenvalue weighted by Gasteiger charge is -2.33. The number of para-hydroxylation sites is 2. The number of benzene rings is 11. The number of fused-ring (bicyclic) bond motifs is 6. The van der Waals surface area contributed by atoms with Gasteiger partial charge in [0.1, 0.15) is 46.0 Å². The summed E-state index contributed by atoms with van der Waals surface area (Å²) in [6.07, 6.45) is 3.75. The third-order valence-electron chi connectivity index (χ3n) is 23.2. The lowest BCUT2D eigenvalue weighted by atomic mass is 9.72. The minimum absolute atomic E-state index is 0.0468. The zero-order chi connectivity index (χ0) is 78.0. The molecule has 0 fully saturated rings. The highest BCUT2D eigenvalue weighted by Crippen LogP contribution is 2.60. The molecule has 0 atom stereocenters. The Bertz CT molecular complexity index is 6040. The highest BCUT2D eigenvalue weighted by atomic mass is 16.5. The van der Waals surface area contributed by atoms with E-state index >= 15 is 19.2 Å². The molecule has 10 nitrogen and oxygen atoms in total. The van der Waals surface area contributed by atoms with Crippen molar-refractivity contribution in [3.8, 4) is 46.0 Å². The molecule has 0 spiro atoms. The summed E-state index contributed by atoms with van der Waals surface area (Å²) in [7, 11) is 0. The molecule has 0 aliphatic carbocycles. The predicted molar refractivity (Wildman–Crippen MR) is 459 cm³/mol. The van der Waals surface area contributed by atoms with Gasteiger partial charge in [-0.1, -0.05) is 199 Å². The molecule has 0 bridgehead atoms. The van der Waals surface area contributed by atoms with Crippen molar-refractivity contribution in [1.82, 2.24) is 8.80 Å². The van der Waals surface area contributed by atoms with E-state index in [2.05, 4.69) is 269 Å². The van der Waals surface area contributed by atoms with Gasteiger partial charge in [0.15, 0.2) is 21.7 Å². The molecule has 110 heavy (non-hydrogen) atoms. The van der Waals surface area contributed by atoms with Crippen LogP contribution in [-0.4, -0.2) is 8.80 Å². The van der Waals surface area contributed by atoms with E-state index in [1.54, 1.807) is 60.7 Å². The Morgan fingerprint density at radius 2 is 0.436 bits per heavy atom. The largest absolute Gasteiger partial charge is 0.457 e. The van der Waals surface area contributed by atoms with Crippen molar-refractivity contribution in [2.24, 2.45) is 21.7 Å². The number of hydrogen-bond acceptors (Lipinski definition) is 8. The van der Waals surface area contributed by atoms with Gasteiger partial charge in [-0.2, -0.15) is 0 Å². The molecular formula is C100H98N2O8. The molecule has 0 saturated carbocycles. The third-order valence-corrected chi connectivity index (χ3v) is 23.2. The van der Waals surface area contributed by atoms with E-state index in [9.17, 15) is 0 Å². The topological polar surface area (TPSA) is 114 Å². The van der Waals surface area contributed by atoms with Gasteiger partial charge in [-0.05, 0) is 188 Å². The van der Waals surface area contributed by atoms with Crippen LogP contribution < -0.4 is 40.7 Å². The number of nitrogens with zero attached hydrogens (tertiary/aromatic N) is 2. The van der Waals surface area contributed by atoms with Gasteiger partial charge in [-0.3, -0.25) is 19.2 Å². The molecule has 0 unspecified atom stereocenters. The summed E-state index contributed by atoms with van der Waals surface area (Å²) in [5.74, 6) is 4.04. The average molecular weight is 1460 g/mol. The quantitative estimate of drug-likeness (QED) is 0.0694. The minimum Gasteiger partial charge on any atom is -0.457 e. The fourth-order valence-corrected chi connectivity index (χ4v) is 20.4. The van der Waals surface area contributed by atoms with Crippen molar-refractivity contribution in [3.63, 3.8) is 0 Å². The van der Waals surface area contributed by atoms with Crippen LogP contribution in [-0.2, 0) is 21.7 Å². The lowest BCUT2D eigenvalue weighted by molar-refractivity contribution is 0.283.